The minimum atomic E-state index is 0.555. The third-order valence-electron chi connectivity index (χ3n) is 1.34. The maximum absolute atomic E-state index is 5.52. The third kappa shape index (κ3) is 2.47. The number of thioether (sulfide) groups is 1. The quantitative estimate of drug-likeness (QED) is 0.393. The van der Waals surface area contributed by atoms with Gasteiger partial charge >= 0.3 is 0 Å². The molecular formula is C8H11N3S. The van der Waals surface area contributed by atoms with Crippen LogP contribution in [0, 0.1) is 0 Å². The molecule has 4 N–H and O–H groups in total. The summed E-state index contributed by atoms with van der Waals surface area (Å²) in [7, 11) is 0. The third-order valence-corrected chi connectivity index (χ3v) is 1.85. The summed E-state index contributed by atoms with van der Waals surface area (Å²) in [5, 5.41) is 0.555. The molecule has 0 aliphatic heterocycles. The SMILES string of the molecule is CSC(N)=Nc1ccc(N)cc1. The van der Waals surface area contributed by atoms with Gasteiger partial charge in [-0.2, -0.15) is 0 Å². The number of nitrogen functional groups attached to an aromatic ring is 1. The highest BCUT2D eigenvalue weighted by Crippen LogP contribution is 2.14. The Balaban J connectivity index is 2.84. The minimum absolute atomic E-state index is 0.555. The van der Waals surface area contributed by atoms with E-state index >= 15 is 0 Å². The van der Waals surface area contributed by atoms with Gasteiger partial charge in [-0.1, -0.05) is 11.8 Å². The van der Waals surface area contributed by atoms with Crippen LogP contribution < -0.4 is 11.5 Å². The molecule has 0 saturated carbocycles. The molecule has 0 aliphatic carbocycles. The van der Waals surface area contributed by atoms with Crippen molar-refractivity contribution in [2.24, 2.45) is 10.7 Å². The van der Waals surface area contributed by atoms with Gasteiger partial charge in [0.2, 0.25) is 0 Å². The molecule has 0 aliphatic rings. The first-order valence-corrected chi connectivity index (χ1v) is 4.68. The Bertz CT molecular complexity index is 279. The highest BCUT2D eigenvalue weighted by atomic mass is 32.2. The number of nitrogens with two attached hydrogens (primary N) is 2. The second-order valence-electron chi connectivity index (χ2n) is 2.25. The van der Waals surface area contributed by atoms with Gasteiger partial charge < -0.3 is 11.5 Å². The zero-order valence-electron chi connectivity index (χ0n) is 6.82. The van der Waals surface area contributed by atoms with Crippen LogP contribution in [-0.4, -0.2) is 11.4 Å². The van der Waals surface area contributed by atoms with Crippen molar-refractivity contribution in [2.45, 2.75) is 0 Å². The maximum atomic E-state index is 5.52. The summed E-state index contributed by atoms with van der Waals surface area (Å²) in [6.07, 6.45) is 1.89. The molecule has 0 radical (unpaired) electrons. The topological polar surface area (TPSA) is 64.4 Å². The molecule has 12 heavy (non-hydrogen) atoms. The number of amidine groups is 1. The van der Waals surface area contributed by atoms with Gasteiger partial charge in [-0.15, -0.1) is 0 Å². The van der Waals surface area contributed by atoms with Crippen molar-refractivity contribution >= 4 is 28.3 Å². The number of benzene rings is 1. The maximum Gasteiger partial charge on any atom is 0.158 e. The average Bonchev–Trinajstić information content (AvgIpc) is 2.09. The molecule has 1 rings (SSSR count). The number of hydrogen-bond donors (Lipinski definition) is 2. The molecule has 4 heteroatoms. The van der Waals surface area contributed by atoms with E-state index in [-0.39, 0.29) is 0 Å². The predicted octanol–water partition coefficient (Wildman–Crippen LogP) is 1.58. The summed E-state index contributed by atoms with van der Waals surface area (Å²) in [5.41, 5.74) is 12.6. The highest BCUT2D eigenvalue weighted by molar-refractivity contribution is 8.13. The van der Waals surface area contributed by atoms with Crippen molar-refractivity contribution in [3.8, 4) is 0 Å². The van der Waals surface area contributed by atoms with Gasteiger partial charge in [0, 0.05) is 5.69 Å². The van der Waals surface area contributed by atoms with Crippen molar-refractivity contribution in [1.82, 2.24) is 0 Å². The monoisotopic (exact) mass is 181 g/mol. The van der Waals surface area contributed by atoms with Crippen LogP contribution in [0.5, 0.6) is 0 Å². The molecule has 0 amide bonds. The van der Waals surface area contributed by atoms with Gasteiger partial charge in [0.25, 0.3) is 0 Å². The molecule has 0 spiro atoms. The molecule has 0 unspecified atom stereocenters. The van der Waals surface area contributed by atoms with Gasteiger partial charge in [0.05, 0.1) is 5.69 Å². The lowest BCUT2D eigenvalue weighted by molar-refractivity contribution is 1.51. The van der Waals surface area contributed by atoms with E-state index in [0.717, 1.165) is 11.4 Å². The van der Waals surface area contributed by atoms with Crippen LogP contribution in [0.2, 0.25) is 0 Å². The van der Waals surface area contributed by atoms with Crippen LogP contribution in [0.25, 0.3) is 0 Å². The summed E-state index contributed by atoms with van der Waals surface area (Å²) >= 11 is 1.42. The van der Waals surface area contributed by atoms with Crippen LogP contribution in [0.3, 0.4) is 0 Å². The molecule has 0 saturated heterocycles. The van der Waals surface area contributed by atoms with E-state index in [9.17, 15) is 0 Å². The Labute approximate surface area is 75.9 Å². The van der Waals surface area contributed by atoms with E-state index < -0.39 is 0 Å². The zero-order chi connectivity index (χ0) is 8.97. The predicted molar refractivity (Wildman–Crippen MR) is 55.7 cm³/mol. The van der Waals surface area contributed by atoms with Crippen LogP contribution in [0.15, 0.2) is 29.3 Å². The summed E-state index contributed by atoms with van der Waals surface area (Å²) < 4.78 is 0. The van der Waals surface area contributed by atoms with Crippen LogP contribution in [0.4, 0.5) is 11.4 Å². The molecule has 0 fully saturated rings. The van der Waals surface area contributed by atoms with Gasteiger partial charge in [0.15, 0.2) is 5.17 Å². The first kappa shape index (κ1) is 8.93. The van der Waals surface area contributed by atoms with Gasteiger partial charge in [-0.3, -0.25) is 0 Å². The fraction of sp³-hybridized carbons (Fsp3) is 0.125. The Morgan fingerprint density at radius 3 is 2.42 bits per heavy atom. The molecule has 0 heterocycles. The van der Waals surface area contributed by atoms with E-state index in [1.54, 1.807) is 12.1 Å². The second-order valence-corrected chi connectivity index (χ2v) is 3.07. The number of nitrogens with zero attached hydrogens (tertiary/aromatic N) is 1. The van der Waals surface area contributed by atoms with Gasteiger partial charge in [0.1, 0.15) is 0 Å². The molecule has 64 valence electrons. The zero-order valence-corrected chi connectivity index (χ0v) is 7.64. The number of rotatable bonds is 1. The van der Waals surface area contributed by atoms with Crippen molar-refractivity contribution in [2.75, 3.05) is 12.0 Å². The molecule has 0 atom stereocenters. The lowest BCUT2D eigenvalue weighted by Crippen LogP contribution is -2.03. The fourth-order valence-corrected chi connectivity index (χ4v) is 0.918. The Kier molecular flexibility index (Phi) is 2.99. The van der Waals surface area contributed by atoms with E-state index in [4.69, 9.17) is 11.5 Å². The number of hydrogen-bond acceptors (Lipinski definition) is 3. The first-order chi connectivity index (χ1) is 5.72. The molecule has 0 bridgehead atoms. The largest absolute Gasteiger partial charge is 0.399 e. The molecular weight excluding hydrogens is 170 g/mol. The van der Waals surface area contributed by atoms with E-state index in [2.05, 4.69) is 4.99 Å². The second kappa shape index (κ2) is 4.01. The molecule has 1 aromatic rings. The summed E-state index contributed by atoms with van der Waals surface area (Å²) in [5.74, 6) is 0. The number of aliphatic imine (C=N–C) groups is 1. The minimum Gasteiger partial charge on any atom is -0.399 e. The van der Waals surface area contributed by atoms with Crippen LogP contribution >= 0.6 is 11.8 Å². The van der Waals surface area contributed by atoms with E-state index in [0.29, 0.717) is 5.17 Å². The normalized spacial score (nSPS) is 11.6. The molecule has 0 aromatic heterocycles. The lowest BCUT2D eigenvalue weighted by Gasteiger charge is -1.96. The van der Waals surface area contributed by atoms with Crippen LogP contribution in [-0.2, 0) is 0 Å². The van der Waals surface area contributed by atoms with Crippen molar-refractivity contribution < 1.29 is 0 Å². The van der Waals surface area contributed by atoms with Gasteiger partial charge in [-0.05, 0) is 30.5 Å². The Morgan fingerprint density at radius 2 is 1.92 bits per heavy atom. The first-order valence-electron chi connectivity index (χ1n) is 3.46. The van der Waals surface area contributed by atoms with Crippen LogP contribution in [0.1, 0.15) is 0 Å². The van der Waals surface area contributed by atoms with E-state index in [1.807, 2.05) is 18.4 Å². The molecule has 1 aromatic carbocycles. The van der Waals surface area contributed by atoms with Gasteiger partial charge in [-0.25, -0.2) is 4.99 Å². The smallest absolute Gasteiger partial charge is 0.158 e. The van der Waals surface area contributed by atoms with E-state index in [1.165, 1.54) is 11.8 Å². The fourth-order valence-electron chi connectivity index (χ4n) is 0.722. The summed E-state index contributed by atoms with van der Waals surface area (Å²) in [6, 6.07) is 7.26. The summed E-state index contributed by atoms with van der Waals surface area (Å²) in [6.45, 7) is 0. The van der Waals surface area contributed by atoms with Crippen molar-refractivity contribution in [1.29, 1.82) is 0 Å². The van der Waals surface area contributed by atoms with Crippen molar-refractivity contribution in [3.63, 3.8) is 0 Å². The standard InChI is InChI=1S/C8H11N3S/c1-12-8(10)11-7-4-2-6(9)3-5-7/h2-5H,9H2,1H3,(H2,10,11). The average molecular weight is 181 g/mol. The number of anilines is 1. The lowest BCUT2D eigenvalue weighted by atomic mass is 10.3. The molecule has 3 nitrogen and oxygen atoms in total. The Hall–Kier alpha value is -1.16. The Morgan fingerprint density at radius 1 is 1.33 bits per heavy atom. The van der Waals surface area contributed by atoms with Crippen molar-refractivity contribution in [3.05, 3.63) is 24.3 Å². The highest BCUT2D eigenvalue weighted by Gasteiger charge is 1.90. The summed E-state index contributed by atoms with van der Waals surface area (Å²) in [4.78, 5) is 4.12.